The van der Waals surface area contributed by atoms with E-state index in [1.165, 1.54) is 6.08 Å². The van der Waals surface area contributed by atoms with Gasteiger partial charge in [0.25, 0.3) is 0 Å². The van der Waals surface area contributed by atoms with Gasteiger partial charge in [-0.3, -0.25) is 0 Å². The normalized spacial score (nSPS) is 10.5. The third kappa shape index (κ3) is 5.20. The molecule has 92 valence electrons. The van der Waals surface area contributed by atoms with E-state index in [9.17, 15) is 4.79 Å². The van der Waals surface area contributed by atoms with Gasteiger partial charge in [-0.05, 0) is 30.2 Å². The molecule has 0 heterocycles. The molecule has 0 saturated carbocycles. The summed E-state index contributed by atoms with van der Waals surface area (Å²) in [6, 6.07) is 7.47. The molecule has 0 atom stereocenters. The Labute approximate surface area is 102 Å². The quantitative estimate of drug-likeness (QED) is 0.431. The number of methoxy groups -OCH3 is 1. The van der Waals surface area contributed by atoms with Crippen LogP contribution in [0.5, 0.6) is 5.75 Å². The molecule has 0 unspecified atom stereocenters. The number of unbranched alkanes of at least 4 members (excludes halogenated alkanes) is 1. The van der Waals surface area contributed by atoms with Crippen molar-refractivity contribution in [3.63, 3.8) is 0 Å². The maximum Gasteiger partial charge on any atom is 0.330 e. The highest BCUT2D eigenvalue weighted by Gasteiger charge is 1.96. The van der Waals surface area contributed by atoms with E-state index in [4.69, 9.17) is 9.47 Å². The van der Waals surface area contributed by atoms with Crippen molar-refractivity contribution >= 4 is 12.0 Å². The second-order valence-electron chi connectivity index (χ2n) is 3.63. The van der Waals surface area contributed by atoms with Crippen LogP contribution in [0.25, 0.3) is 6.08 Å². The van der Waals surface area contributed by atoms with Gasteiger partial charge in [0.1, 0.15) is 5.75 Å². The zero-order valence-corrected chi connectivity index (χ0v) is 10.3. The number of carbonyl (C=O) groups excluding carboxylic acids is 1. The molecule has 1 aromatic carbocycles. The van der Waals surface area contributed by atoms with Crippen molar-refractivity contribution in [3.8, 4) is 5.75 Å². The molecule has 0 fully saturated rings. The molecule has 0 aliphatic carbocycles. The summed E-state index contributed by atoms with van der Waals surface area (Å²) < 4.78 is 10.0. The average molecular weight is 234 g/mol. The fraction of sp³-hybridized carbons (Fsp3) is 0.357. The van der Waals surface area contributed by atoms with Crippen LogP contribution in [-0.2, 0) is 9.53 Å². The number of esters is 1. The number of benzene rings is 1. The van der Waals surface area contributed by atoms with Crippen LogP contribution in [0, 0.1) is 0 Å². The lowest BCUT2D eigenvalue weighted by Crippen LogP contribution is -2.01. The number of rotatable bonds is 6. The Hall–Kier alpha value is -1.77. The van der Waals surface area contributed by atoms with E-state index >= 15 is 0 Å². The van der Waals surface area contributed by atoms with E-state index in [0.29, 0.717) is 6.61 Å². The second-order valence-corrected chi connectivity index (χ2v) is 3.63. The topological polar surface area (TPSA) is 35.5 Å². The average Bonchev–Trinajstić information content (AvgIpc) is 2.37. The van der Waals surface area contributed by atoms with E-state index < -0.39 is 0 Å². The Morgan fingerprint density at radius 3 is 2.59 bits per heavy atom. The fourth-order valence-corrected chi connectivity index (χ4v) is 1.24. The first-order valence-electron chi connectivity index (χ1n) is 5.75. The molecule has 0 amide bonds. The molecule has 1 rings (SSSR count). The van der Waals surface area contributed by atoms with Crippen LogP contribution in [0.2, 0.25) is 0 Å². The molecule has 0 aliphatic rings. The predicted molar refractivity (Wildman–Crippen MR) is 67.9 cm³/mol. The molecular weight excluding hydrogens is 216 g/mol. The van der Waals surface area contributed by atoms with Crippen molar-refractivity contribution in [2.75, 3.05) is 13.7 Å². The lowest BCUT2D eigenvalue weighted by molar-refractivity contribution is -0.137. The van der Waals surface area contributed by atoms with Crippen molar-refractivity contribution in [1.29, 1.82) is 0 Å². The Bertz CT molecular complexity index is 366. The van der Waals surface area contributed by atoms with Crippen molar-refractivity contribution in [2.45, 2.75) is 19.8 Å². The van der Waals surface area contributed by atoms with Gasteiger partial charge in [0.05, 0.1) is 13.7 Å². The van der Waals surface area contributed by atoms with Gasteiger partial charge < -0.3 is 9.47 Å². The highest BCUT2D eigenvalue weighted by molar-refractivity contribution is 5.87. The lowest BCUT2D eigenvalue weighted by Gasteiger charge is -2.00. The highest BCUT2D eigenvalue weighted by atomic mass is 16.5. The number of hydrogen-bond donors (Lipinski definition) is 0. The predicted octanol–water partition coefficient (Wildman–Crippen LogP) is 3.05. The van der Waals surface area contributed by atoms with Crippen molar-refractivity contribution in [3.05, 3.63) is 35.9 Å². The molecule has 0 aromatic heterocycles. The Kier molecular flexibility index (Phi) is 5.86. The molecule has 3 heteroatoms. The summed E-state index contributed by atoms with van der Waals surface area (Å²) in [5.74, 6) is 0.502. The smallest absolute Gasteiger partial charge is 0.330 e. The van der Waals surface area contributed by atoms with Crippen molar-refractivity contribution in [1.82, 2.24) is 0 Å². The molecule has 1 aromatic rings. The second kappa shape index (κ2) is 7.49. The summed E-state index contributed by atoms with van der Waals surface area (Å²) in [4.78, 5) is 11.3. The highest BCUT2D eigenvalue weighted by Crippen LogP contribution is 2.12. The summed E-state index contributed by atoms with van der Waals surface area (Å²) in [6.07, 6.45) is 5.10. The third-order valence-electron chi connectivity index (χ3n) is 2.27. The lowest BCUT2D eigenvalue weighted by atomic mass is 10.2. The Balaban J connectivity index is 2.43. The summed E-state index contributed by atoms with van der Waals surface area (Å²) >= 11 is 0. The van der Waals surface area contributed by atoms with Gasteiger partial charge in [-0.25, -0.2) is 4.79 Å². The molecule has 0 saturated heterocycles. The minimum absolute atomic E-state index is 0.297. The number of hydrogen-bond acceptors (Lipinski definition) is 3. The molecule has 0 aliphatic heterocycles. The van der Waals surface area contributed by atoms with Gasteiger partial charge in [0.2, 0.25) is 0 Å². The SMILES string of the molecule is CCCCOC(=O)/C=C\c1ccc(OC)cc1. The molecule has 0 bridgehead atoms. The minimum Gasteiger partial charge on any atom is -0.497 e. The number of carbonyl (C=O) groups is 1. The van der Waals surface area contributed by atoms with Crippen LogP contribution in [0.1, 0.15) is 25.3 Å². The molecule has 3 nitrogen and oxygen atoms in total. The maximum atomic E-state index is 11.3. The zero-order chi connectivity index (χ0) is 12.5. The zero-order valence-electron chi connectivity index (χ0n) is 10.3. The van der Waals surface area contributed by atoms with Crippen LogP contribution in [-0.4, -0.2) is 19.7 Å². The summed E-state index contributed by atoms with van der Waals surface area (Å²) in [5.41, 5.74) is 0.943. The summed E-state index contributed by atoms with van der Waals surface area (Å²) in [7, 11) is 1.62. The van der Waals surface area contributed by atoms with E-state index in [1.54, 1.807) is 13.2 Å². The first-order chi connectivity index (χ1) is 8.26. The van der Waals surface area contributed by atoms with Gasteiger partial charge in [0.15, 0.2) is 0 Å². The first kappa shape index (κ1) is 13.3. The Morgan fingerprint density at radius 2 is 2.00 bits per heavy atom. The first-order valence-corrected chi connectivity index (χ1v) is 5.75. The molecule has 0 radical (unpaired) electrons. The van der Waals surface area contributed by atoms with Gasteiger partial charge in [0, 0.05) is 6.08 Å². The maximum absolute atomic E-state index is 11.3. The summed E-state index contributed by atoms with van der Waals surface area (Å²) in [6.45, 7) is 2.54. The number of ether oxygens (including phenoxy) is 2. The van der Waals surface area contributed by atoms with Crippen LogP contribution < -0.4 is 4.74 Å². The largest absolute Gasteiger partial charge is 0.497 e. The van der Waals surface area contributed by atoms with Gasteiger partial charge >= 0.3 is 5.97 Å². The minimum atomic E-state index is -0.297. The van der Waals surface area contributed by atoms with E-state index in [2.05, 4.69) is 6.92 Å². The van der Waals surface area contributed by atoms with Crippen LogP contribution >= 0.6 is 0 Å². The molecular formula is C14H18O3. The monoisotopic (exact) mass is 234 g/mol. The van der Waals surface area contributed by atoms with Gasteiger partial charge in [-0.15, -0.1) is 0 Å². The van der Waals surface area contributed by atoms with E-state index in [1.807, 2.05) is 24.3 Å². The van der Waals surface area contributed by atoms with Crippen LogP contribution in [0.3, 0.4) is 0 Å². The summed E-state index contributed by atoms with van der Waals surface area (Å²) in [5, 5.41) is 0. The molecule has 0 N–H and O–H groups in total. The third-order valence-corrected chi connectivity index (χ3v) is 2.27. The van der Waals surface area contributed by atoms with Crippen LogP contribution in [0.15, 0.2) is 30.3 Å². The van der Waals surface area contributed by atoms with Crippen molar-refractivity contribution in [2.24, 2.45) is 0 Å². The van der Waals surface area contributed by atoms with Gasteiger partial charge in [-0.2, -0.15) is 0 Å². The van der Waals surface area contributed by atoms with E-state index in [-0.39, 0.29) is 5.97 Å². The molecule has 17 heavy (non-hydrogen) atoms. The van der Waals surface area contributed by atoms with Crippen molar-refractivity contribution < 1.29 is 14.3 Å². The Morgan fingerprint density at radius 1 is 1.29 bits per heavy atom. The van der Waals surface area contributed by atoms with Gasteiger partial charge in [-0.1, -0.05) is 25.5 Å². The van der Waals surface area contributed by atoms with E-state index in [0.717, 1.165) is 24.2 Å². The molecule has 0 spiro atoms. The standard InChI is InChI=1S/C14H18O3/c1-3-4-11-17-14(15)10-7-12-5-8-13(16-2)9-6-12/h5-10H,3-4,11H2,1-2H3/b10-7-. The van der Waals surface area contributed by atoms with Crippen LogP contribution in [0.4, 0.5) is 0 Å². The fourth-order valence-electron chi connectivity index (χ4n) is 1.24.